The summed E-state index contributed by atoms with van der Waals surface area (Å²) in [5.41, 5.74) is 0.798. The van der Waals surface area contributed by atoms with E-state index in [0.29, 0.717) is 6.54 Å². The van der Waals surface area contributed by atoms with Crippen LogP contribution in [0.2, 0.25) is 0 Å². The van der Waals surface area contributed by atoms with Crippen LogP contribution in [-0.4, -0.2) is 19.8 Å². The second kappa shape index (κ2) is 5.63. The molecular formula is C10H14BrNO2S. The van der Waals surface area contributed by atoms with Gasteiger partial charge in [0.2, 0.25) is 10.0 Å². The fraction of sp³-hybridized carbons (Fsp3) is 0.400. The summed E-state index contributed by atoms with van der Waals surface area (Å²) >= 11 is 3.29. The number of alkyl halides is 1. The highest BCUT2D eigenvalue weighted by atomic mass is 79.9. The lowest BCUT2D eigenvalue weighted by atomic mass is 10.2. The van der Waals surface area contributed by atoms with Gasteiger partial charge in [0.1, 0.15) is 0 Å². The molecule has 0 radical (unpaired) electrons. The van der Waals surface area contributed by atoms with Crippen LogP contribution in [0.5, 0.6) is 0 Å². The standard InChI is InChI=1S/C10H14BrNO2S/c1-9(11)7-12-15(13,14)8-10-5-3-2-4-6-10/h2-6,9,12H,7-8H2,1H3. The molecule has 0 spiro atoms. The third-order valence-electron chi connectivity index (χ3n) is 1.78. The van der Waals surface area contributed by atoms with Crippen molar-refractivity contribution in [1.82, 2.24) is 4.72 Å². The lowest BCUT2D eigenvalue weighted by Gasteiger charge is -2.07. The number of rotatable bonds is 5. The first kappa shape index (κ1) is 12.7. The molecule has 84 valence electrons. The average Bonchev–Trinajstić information content (AvgIpc) is 2.16. The van der Waals surface area contributed by atoms with Crippen LogP contribution < -0.4 is 4.72 Å². The van der Waals surface area contributed by atoms with Crippen molar-refractivity contribution in [3.05, 3.63) is 35.9 Å². The number of nitrogens with one attached hydrogen (secondary N) is 1. The molecule has 1 rings (SSSR count). The Bertz CT molecular complexity index is 389. The number of sulfonamides is 1. The van der Waals surface area contributed by atoms with Crippen LogP contribution in [0.4, 0.5) is 0 Å². The highest BCUT2D eigenvalue weighted by molar-refractivity contribution is 9.09. The summed E-state index contributed by atoms with van der Waals surface area (Å²) in [6.45, 7) is 2.31. The van der Waals surface area contributed by atoms with E-state index in [0.717, 1.165) is 5.56 Å². The van der Waals surface area contributed by atoms with Gasteiger partial charge in [0.05, 0.1) is 5.75 Å². The van der Waals surface area contributed by atoms with E-state index in [4.69, 9.17) is 0 Å². The second-order valence-corrected chi connectivity index (χ2v) is 6.74. The molecule has 0 fully saturated rings. The molecular weight excluding hydrogens is 278 g/mol. The van der Waals surface area contributed by atoms with Crippen molar-refractivity contribution in [2.45, 2.75) is 17.5 Å². The molecule has 1 atom stereocenters. The normalized spacial score (nSPS) is 13.7. The molecule has 5 heteroatoms. The highest BCUT2D eigenvalue weighted by Gasteiger charge is 2.11. The maximum absolute atomic E-state index is 11.6. The molecule has 1 N–H and O–H groups in total. The molecule has 1 aromatic carbocycles. The van der Waals surface area contributed by atoms with Gasteiger partial charge in [-0.05, 0) is 5.56 Å². The van der Waals surface area contributed by atoms with Gasteiger partial charge < -0.3 is 0 Å². The van der Waals surface area contributed by atoms with E-state index in [2.05, 4.69) is 20.7 Å². The van der Waals surface area contributed by atoms with Crippen molar-refractivity contribution in [1.29, 1.82) is 0 Å². The van der Waals surface area contributed by atoms with E-state index in [1.807, 2.05) is 25.1 Å². The van der Waals surface area contributed by atoms with E-state index in [1.54, 1.807) is 12.1 Å². The summed E-state index contributed by atoms with van der Waals surface area (Å²) < 4.78 is 25.7. The number of hydrogen-bond donors (Lipinski definition) is 1. The molecule has 1 unspecified atom stereocenters. The van der Waals surface area contributed by atoms with Crippen LogP contribution in [0, 0.1) is 0 Å². The first-order valence-corrected chi connectivity index (χ1v) is 7.22. The average molecular weight is 292 g/mol. The topological polar surface area (TPSA) is 46.2 Å². The van der Waals surface area contributed by atoms with Crippen LogP contribution in [0.3, 0.4) is 0 Å². The van der Waals surface area contributed by atoms with Crippen LogP contribution in [0.25, 0.3) is 0 Å². The molecule has 0 amide bonds. The van der Waals surface area contributed by atoms with Gasteiger partial charge in [0.15, 0.2) is 0 Å². The van der Waals surface area contributed by atoms with Crippen molar-refractivity contribution >= 4 is 26.0 Å². The molecule has 1 aromatic rings. The summed E-state index contributed by atoms with van der Waals surface area (Å²) in [7, 11) is -3.21. The molecule has 0 aromatic heterocycles. The van der Waals surface area contributed by atoms with Crippen LogP contribution >= 0.6 is 15.9 Å². The molecule has 0 heterocycles. The summed E-state index contributed by atoms with van der Waals surface area (Å²) in [5.74, 6) is 0.0353. The predicted octanol–water partition coefficient (Wildman–Crippen LogP) is 1.89. The van der Waals surface area contributed by atoms with Crippen LogP contribution in [0.15, 0.2) is 30.3 Å². The van der Waals surface area contributed by atoms with E-state index in [1.165, 1.54) is 0 Å². The SMILES string of the molecule is CC(Br)CNS(=O)(=O)Cc1ccccc1. The molecule has 0 aliphatic heterocycles. The van der Waals surface area contributed by atoms with Crippen molar-refractivity contribution in [2.24, 2.45) is 0 Å². The summed E-state index contributed by atoms with van der Waals surface area (Å²) in [4.78, 5) is 0.142. The second-order valence-electron chi connectivity index (χ2n) is 3.37. The quantitative estimate of drug-likeness (QED) is 0.842. The highest BCUT2D eigenvalue weighted by Crippen LogP contribution is 2.04. The predicted molar refractivity (Wildman–Crippen MR) is 65.5 cm³/mol. The van der Waals surface area contributed by atoms with E-state index >= 15 is 0 Å². The van der Waals surface area contributed by atoms with E-state index < -0.39 is 10.0 Å². The largest absolute Gasteiger partial charge is 0.215 e. The molecule has 0 saturated carbocycles. The molecule has 3 nitrogen and oxygen atoms in total. The third-order valence-corrected chi connectivity index (χ3v) is 3.43. The van der Waals surface area contributed by atoms with Gasteiger partial charge in [0, 0.05) is 11.4 Å². The van der Waals surface area contributed by atoms with Gasteiger partial charge in [-0.2, -0.15) is 0 Å². The van der Waals surface area contributed by atoms with Crippen molar-refractivity contribution in [2.75, 3.05) is 6.54 Å². The minimum atomic E-state index is -3.21. The molecule has 0 bridgehead atoms. The van der Waals surface area contributed by atoms with Gasteiger partial charge in [-0.15, -0.1) is 0 Å². The molecule has 15 heavy (non-hydrogen) atoms. The Hall–Kier alpha value is -0.390. The first-order chi connectivity index (χ1) is 6.99. The van der Waals surface area contributed by atoms with E-state index in [9.17, 15) is 8.42 Å². The Kier molecular flexibility index (Phi) is 4.76. The zero-order chi connectivity index (χ0) is 11.3. The van der Waals surface area contributed by atoms with Crippen molar-refractivity contribution < 1.29 is 8.42 Å². The maximum Gasteiger partial charge on any atom is 0.215 e. The fourth-order valence-electron chi connectivity index (χ4n) is 1.09. The summed E-state index contributed by atoms with van der Waals surface area (Å²) in [6.07, 6.45) is 0. The zero-order valence-corrected chi connectivity index (χ0v) is 10.9. The molecule has 0 saturated heterocycles. The Morgan fingerprint density at radius 3 is 2.47 bits per heavy atom. The summed E-state index contributed by atoms with van der Waals surface area (Å²) in [5, 5.41) is 0. The Labute approximate surface area is 99.1 Å². The van der Waals surface area contributed by atoms with Gasteiger partial charge in [-0.25, -0.2) is 13.1 Å². The van der Waals surface area contributed by atoms with Crippen molar-refractivity contribution in [3.63, 3.8) is 0 Å². The zero-order valence-electron chi connectivity index (χ0n) is 8.48. The van der Waals surface area contributed by atoms with Crippen LogP contribution in [-0.2, 0) is 15.8 Å². The molecule has 0 aliphatic rings. The number of benzene rings is 1. The van der Waals surface area contributed by atoms with Crippen molar-refractivity contribution in [3.8, 4) is 0 Å². The lowest BCUT2D eigenvalue weighted by molar-refractivity contribution is 0.581. The fourth-order valence-corrected chi connectivity index (χ4v) is 2.70. The first-order valence-electron chi connectivity index (χ1n) is 4.65. The van der Waals surface area contributed by atoms with E-state index in [-0.39, 0.29) is 10.6 Å². The number of halogens is 1. The van der Waals surface area contributed by atoms with Gasteiger partial charge in [-0.3, -0.25) is 0 Å². The monoisotopic (exact) mass is 291 g/mol. The minimum Gasteiger partial charge on any atom is -0.214 e. The Balaban J connectivity index is 2.57. The minimum absolute atomic E-state index is 0.0353. The van der Waals surface area contributed by atoms with Gasteiger partial charge >= 0.3 is 0 Å². The lowest BCUT2D eigenvalue weighted by Crippen LogP contribution is -2.29. The van der Waals surface area contributed by atoms with Gasteiger partial charge in [0.25, 0.3) is 0 Å². The maximum atomic E-state index is 11.6. The molecule has 0 aliphatic carbocycles. The van der Waals surface area contributed by atoms with Crippen LogP contribution in [0.1, 0.15) is 12.5 Å². The Morgan fingerprint density at radius 1 is 1.33 bits per heavy atom. The van der Waals surface area contributed by atoms with Gasteiger partial charge in [-0.1, -0.05) is 53.2 Å². The number of hydrogen-bond acceptors (Lipinski definition) is 2. The summed E-state index contributed by atoms with van der Waals surface area (Å²) in [6, 6.07) is 9.13. The Morgan fingerprint density at radius 2 is 1.93 bits per heavy atom. The smallest absolute Gasteiger partial charge is 0.214 e. The third kappa shape index (κ3) is 5.30.